The molecule has 114 valence electrons. The van der Waals surface area contributed by atoms with E-state index in [0.29, 0.717) is 31.2 Å². The van der Waals surface area contributed by atoms with Crippen molar-refractivity contribution >= 4 is 17.3 Å². The van der Waals surface area contributed by atoms with E-state index < -0.39 is 4.92 Å². The first kappa shape index (κ1) is 15.2. The van der Waals surface area contributed by atoms with Gasteiger partial charge in [-0.1, -0.05) is 0 Å². The fourth-order valence-electron chi connectivity index (χ4n) is 2.56. The van der Waals surface area contributed by atoms with Gasteiger partial charge in [-0.2, -0.15) is 0 Å². The number of nitrogens with zero attached hydrogens (tertiary/aromatic N) is 2. The number of nitro groups is 1. The van der Waals surface area contributed by atoms with Gasteiger partial charge in [-0.25, -0.2) is 0 Å². The normalized spacial score (nSPS) is 16.0. The van der Waals surface area contributed by atoms with E-state index in [4.69, 9.17) is 10.5 Å². The molecule has 1 aromatic rings. The van der Waals surface area contributed by atoms with Crippen LogP contribution in [0.2, 0.25) is 0 Å². The second-order valence-corrected chi connectivity index (χ2v) is 5.22. The molecule has 1 saturated heterocycles. The number of nitrogen functional groups attached to an aromatic ring is 1. The summed E-state index contributed by atoms with van der Waals surface area (Å²) in [6, 6.07) is 4.19. The van der Waals surface area contributed by atoms with Crippen molar-refractivity contribution in [3.8, 4) is 0 Å². The zero-order chi connectivity index (χ0) is 15.4. The average Bonchev–Trinajstić information content (AvgIpc) is 2.48. The molecule has 0 bridgehead atoms. The smallest absolute Gasteiger partial charge is 0.292 e. The summed E-state index contributed by atoms with van der Waals surface area (Å²) in [7, 11) is 1.67. The highest BCUT2D eigenvalue weighted by molar-refractivity contribution is 5.95. The van der Waals surface area contributed by atoms with Crippen molar-refractivity contribution in [1.82, 2.24) is 4.90 Å². The minimum Gasteiger partial charge on any atom is -0.393 e. The van der Waals surface area contributed by atoms with E-state index in [0.717, 1.165) is 12.8 Å². The topological polar surface area (TPSA) is 98.7 Å². The standard InChI is InChI=1S/C14H19N3O4/c1-21-9-10-4-6-16(7-5-10)14(18)11-2-3-12(15)13(8-11)17(19)20/h2-3,8,10H,4-7,9,15H2,1H3. The number of rotatable bonds is 4. The number of carbonyl (C=O) groups is 1. The van der Waals surface area contributed by atoms with Crippen LogP contribution in [0.4, 0.5) is 11.4 Å². The third-order valence-corrected chi connectivity index (χ3v) is 3.78. The molecule has 1 fully saturated rings. The lowest BCUT2D eigenvalue weighted by Gasteiger charge is -2.31. The van der Waals surface area contributed by atoms with Crippen molar-refractivity contribution in [2.24, 2.45) is 5.92 Å². The molecule has 1 amide bonds. The molecular weight excluding hydrogens is 274 g/mol. The van der Waals surface area contributed by atoms with Crippen molar-refractivity contribution in [2.75, 3.05) is 32.5 Å². The lowest BCUT2D eigenvalue weighted by molar-refractivity contribution is -0.383. The van der Waals surface area contributed by atoms with E-state index in [-0.39, 0.29) is 17.3 Å². The molecule has 1 aromatic carbocycles. The summed E-state index contributed by atoms with van der Waals surface area (Å²) in [6.07, 6.45) is 1.77. The molecule has 2 rings (SSSR count). The SMILES string of the molecule is COCC1CCN(C(=O)c2ccc(N)c([N+](=O)[O-])c2)CC1. The van der Waals surface area contributed by atoms with Gasteiger partial charge in [-0.05, 0) is 30.9 Å². The fraction of sp³-hybridized carbons (Fsp3) is 0.500. The fourth-order valence-corrected chi connectivity index (χ4v) is 2.56. The average molecular weight is 293 g/mol. The number of carbonyl (C=O) groups excluding carboxylic acids is 1. The molecule has 7 nitrogen and oxygen atoms in total. The van der Waals surface area contributed by atoms with Gasteiger partial charge in [0.15, 0.2) is 0 Å². The molecule has 0 radical (unpaired) electrons. The first-order valence-corrected chi connectivity index (χ1v) is 6.85. The molecule has 0 saturated carbocycles. The summed E-state index contributed by atoms with van der Waals surface area (Å²) >= 11 is 0. The largest absolute Gasteiger partial charge is 0.393 e. The minimum atomic E-state index is -0.572. The molecule has 0 atom stereocenters. The maximum Gasteiger partial charge on any atom is 0.292 e. The lowest BCUT2D eigenvalue weighted by atomic mass is 9.97. The van der Waals surface area contributed by atoms with Crippen LogP contribution >= 0.6 is 0 Å². The van der Waals surface area contributed by atoms with Crippen molar-refractivity contribution in [3.63, 3.8) is 0 Å². The van der Waals surface area contributed by atoms with E-state index in [1.807, 2.05) is 0 Å². The van der Waals surface area contributed by atoms with Crippen molar-refractivity contribution < 1.29 is 14.5 Å². The molecule has 1 aliphatic heterocycles. The number of piperidine rings is 1. The van der Waals surface area contributed by atoms with Crippen LogP contribution < -0.4 is 5.73 Å². The van der Waals surface area contributed by atoms with Crippen molar-refractivity contribution in [1.29, 1.82) is 0 Å². The Morgan fingerprint density at radius 2 is 2.14 bits per heavy atom. The van der Waals surface area contributed by atoms with Gasteiger partial charge in [0.2, 0.25) is 0 Å². The monoisotopic (exact) mass is 293 g/mol. The number of nitro benzene ring substituents is 1. The van der Waals surface area contributed by atoms with Crippen molar-refractivity contribution in [3.05, 3.63) is 33.9 Å². The Bertz CT molecular complexity index is 539. The Morgan fingerprint density at radius 1 is 1.48 bits per heavy atom. The Labute approximate surface area is 122 Å². The van der Waals surface area contributed by atoms with Gasteiger partial charge in [0.05, 0.1) is 4.92 Å². The maximum atomic E-state index is 12.4. The highest BCUT2D eigenvalue weighted by Gasteiger charge is 2.25. The van der Waals surface area contributed by atoms with Gasteiger partial charge >= 0.3 is 0 Å². The minimum absolute atomic E-state index is 0.0651. The Balaban J connectivity index is 2.07. The predicted molar refractivity (Wildman–Crippen MR) is 78.0 cm³/mol. The van der Waals surface area contributed by atoms with Crippen LogP contribution in [0.25, 0.3) is 0 Å². The number of ether oxygens (including phenoxy) is 1. The molecule has 0 unspecified atom stereocenters. The molecule has 2 N–H and O–H groups in total. The van der Waals surface area contributed by atoms with E-state index >= 15 is 0 Å². The quantitative estimate of drug-likeness (QED) is 0.517. The summed E-state index contributed by atoms with van der Waals surface area (Å²) in [6.45, 7) is 1.99. The molecule has 0 spiro atoms. The lowest BCUT2D eigenvalue weighted by Crippen LogP contribution is -2.39. The molecule has 0 aliphatic carbocycles. The van der Waals surface area contributed by atoms with Gasteiger partial charge in [0.25, 0.3) is 11.6 Å². The van der Waals surface area contributed by atoms with E-state index in [2.05, 4.69) is 0 Å². The van der Waals surface area contributed by atoms with Crippen LogP contribution in [0.5, 0.6) is 0 Å². The second-order valence-electron chi connectivity index (χ2n) is 5.22. The number of methoxy groups -OCH3 is 1. The van der Waals surface area contributed by atoms with Gasteiger partial charge in [-0.15, -0.1) is 0 Å². The number of nitrogens with two attached hydrogens (primary N) is 1. The van der Waals surface area contributed by atoms with E-state index in [1.54, 1.807) is 12.0 Å². The second kappa shape index (κ2) is 6.53. The highest BCUT2D eigenvalue weighted by Crippen LogP contribution is 2.24. The Morgan fingerprint density at radius 3 is 2.71 bits per heavy atom. The zero-order valence-electron chi connectivity index (χ0n) is 11.9. The molecular formula is C14H19N3O4. The van der Waals surface area contributed by atoms with Crippen LogP contribution in [-0.4, -0.2) is 42.5 Å². The van der Waals surface area contributed by atoms with Gasteiger partial charge in [0, 0.05) is 38.4 Å². The highest BCUT2D eigenvalue weighted by atomic mass is 16.6. The first-order valence-electron chi connectivity index (χ1n) is 6.85. The van der Waals surface area contributed by atoms with Crippen LogP contribution in [0.3, 0.4) is 0 Å². The predicted octanol–water partition coefficient (Wildman–Crippen LogP) is 1.68. The Kier molecular flexibility index (Phi) is 4.74. The zero-order valence-corrected chi connectivity index (χ0v) is 11.9. The summed E-state index contributed by atoms with van der Waals surface area (Å²) in [5, 5.41) is 10.9. The van der Waals surface area contributed by atoms with Crippen LogP contribution in [0, 0.1) is 16.0 Å². The third-order valence-electron chi connectivity index (χ3n) is 3.78. The van der Waals surface area contributed by atoms with Crippen LogP contribution in [0.1, 0.15) is 23.2 Å². The summed E-state index contributed by atoms with van der Waals surface area (Å²) in [4.78, 5) is 24.4. The van der Waals surface area contributed by atoms with Gasteiger partial charge in [-0.3, -0.25) is 14.9 Å². The number of hydrogen-bond donors (Lipinski definition) is 1. The van der Waals surface area contributed by atoms with Gasteiger partial charge in [0.1, 0.15) is 5.69 Å². The van der Waals surface area contributed by atoms with Gasteiger partial charge < -0.3 is 15.4 Å². The van der Waals surface area contributed by atoms with E-state index in [1.165, 1.54) is 18.2 Å². The molecule has 21 heavy (non-hydrogen) atoms. The molecule has 7 heteroatoms. The number of hydrogen-bond acceptors (Lipinski definition) is 5. The third kappa shape index (κ3) is 3.49. The Hall–Kier alpha value is -2.15. The van der Waals surface area contributed by atoms with E-state index in [9.17, 15) is 14.9 Å². The number of benzene rings is 1. The molecule has 1 aliphatic rings. The first-order chi connectivity index (χ1) is 10.0. The molecule has 1 heterocycles. The summed E-state index contributed by atoms with van der Waals surface area (Å²) in [5.41, 5.74) is 5.69. The van der Waals surface area contributed by atoms with Crippen LogP contribution in [-0.2, 0) is 4.74 Å². The summed E-state index contributed by atoms with van der Waals surface area (Å²) < 4.78 is 5.12. The maximum absolute atomic E-state index is 12.4. The molecule has 0 aromatic heterocycles. The van der Waals surface area contributed by atoms with Crippen molar-refractivity contribution in [2.45, 2.75) is 12.8 Å². The summed E-state index contributed by atoms with van der Waals surface area (Å²) in [5.74, 6) is 0.286. The number of likely N-dealkylation sites (tertiary alicyclic amines) is 1. The number of amides is 1. The number of anilines is 1. The van der Waals surface area contributed by atoms with Crippen LogP contribution in [0.15, 0.2) is 18.2 Å².